The van der Waals surface area contributed by atoms with Crippen LogP contribution in [0, 0.1) is 0 Å². The average molecular weight is 397 g/mol. The number of nitrogens with zero attached hydrogens (tertiary/aromatic N) is 2. The van der Waals surface area contributed by atoms with E-state index in [9.17, 15) is 19.2 Å². The quantitative estimate of drug-likeness (QED) is 0.582. The summed E-state index contributed by atoms with van der Waals surface area (Å²) >= 11 is 0. The molecule has 1 saturated heterocycles. The number of hydrogen-bond acceptors (Lipinski definition) is 7. The Labute approximate surface area is 165 Å². The third-order valence-electron chi connectivity index (χ3n) is 4.91. The zero-order valence-electron chi connectivity index (χ0n) is 15.4. The number of nitrogen functional groups attached to an aromatic ring is 1. The first-order chi connectivity index (χ1) is 14.0. The van der Waals surface area contributed by atoms with Crippen LogP contribution in [0.2, 0.25) is 0 Å². The van der Waals surface area contributed by atoms with Crippen molar-refractivity contribution in [3.05, 3.63) is 57.4 Å². The van der Waals surface area contributed by atoms with Gasteiger partial charge in [-0.05, 0) is 12.1 Å². The number of anilines is 1. The van der Waals surface area contributed by atoms with Crippen LogP contribution in [0.15, 0.2) is 35.1 Å². The van der Waals surface area contributed by atoms with Crippen LogP contribution < -0.4 is 21.9 Å². The maximum absolute atomic E-state index is 12.8. The first kappa shape index (κ1) is 18.8. The van der Waals surface area contributed by atoms with Gasteiger partial charge in [0.25, 0.3) is 23.3 Å². The van der Waals surface area contributed by atoms with Gasteiger partial charge in [-0.25, -0.2) is 0 Å². The molecule has 10 heteroatoms. The summed E-state index contributed by atoms with van der Waals surface area (Å²) in [4.78, 5) is 51.4. The summed E-state index contributed by atoms with van der Waals surface area (Å²) in [6, 6.07) is 7.49. The number of carbonyl (C=O) groups excluding carboxylic acids is 3. The zero-order valence-corrected chi connectivity index (χ0v) is 15.4. The lowest BCUT2D eigenvalue weighted by Crippen LogP contribution is -2.44. The predicted molar refractivity (Wildman–Crippen MR) is 103 cm³/mol. The topological polar surface area (TPSA) is 136 Å². The number of nitrogens with two attached hydrogens (primary N) is 1. The lowest BCUT2D eigenvalue weighted by atomic mass is 10.1. The lowest BCUT2D eigenvalue weighted by molar-refractivity contribution is 0.0334. The number of morpholine rings is 1. The Morgan fingerprint density at radius 3 is 2.62 bits per heavy atom. The van der Waals surface area contributed by atoms with E-state index in [0.29, 0.717) is 33.0 Å². The van der Waals surface area contributed by atoms with E-state index in [2.05, 4.69) is 10.6 Å². The first-order valence-corrected chi connectivity index (χ1v) is 9.06. The summed E-state index contributed by atoms with van der Waals surface area (Å²) in [5, 5.41) is 4.95. The Hall–Kier alpha value is -3.50. The standard InChI is InChI=1S/C19H19N5O5/c20-16-15-12(18(27)22-19(15)28)9-14(25)24(16)13-4-2-1-3-11(13)17(26)21-10-23-5-7-29-8-6-23/h1-4,9H,5-8,10,20H2,(H,21,26)(H,22,27,28). The van der Waals surface area contributed by atoms with Gasteiger partial charge in [-0.3, -0.25) is 34.0 Å². The van der Waals surface area contributed by atoms with Crippen molar-refractivity contribution in [3.63, 3.8) is 0 Å². The van der Waals surface area contributed by atoms with E-state index >= 15 is 0 Å². The first-order valence-electron chi connectivity index (χ1n) is 9.06. The molecule has 2 aliphatic heterocycles. The van der Waals surface area contributed by atoms with Crippen molar-refractivity contribution in [2.24, 2.45) is 0 Å². The molecule has 1 aromatic carbocycles. The molecule has 10 nitrogen and oxygen atoms in total. The smallest absolute Gasteiger partial charge is 0.262 e. The number of hydrogen-bond donors (Lipinski definition) is 3. The van der Waals surface area contributed by atoms with Gasteiger partial charge in [0.1, 0.15) is 5.82 Å². The fourth-order valence-electron chi connectivity index (χ4n) is 3.43. The van der Waals surface area contributed by atoms with Crippen molar-refractivity contribution >= 4 is 23.5 Å². The molecule has 1 fully saturated rings. The van der Waals surface area contributed by atoms with Gasteiger partial charge < -0.3 is 15.8 Å². The molecule has 0 radical (unpaired) electrons. The zero-order chi connectivity index (χ0) is 20.5. The molecule has 1 aromatic heterocycles. The Morgan fingerprint density at radius 1 is 1.14 bits per heavy atom. The summed E-state index contributed by atoms with van der Waals surface area (Å²) in [6.45, 7) is 2.97. The van der Waals surface area contributed by atoms with Crippen LogP contribution in [0.3, 0.4) is 0 Å². The fourth-order valence-corrected chi connectivity index (χ4v) is 3.43. The van der Waals surface area contributed by atoms with Gasteiger partial charge in [0.05, 0.1) is 42.3 Å². The largest absolute Gasteiger partial charge is 0.384 e. The predicted octanol–water partition coefficient (Wildman–Crippen LogP) is -0.677. The molecule has 0 saturated carbocycles. The molecular formula is C19H19N5O5. The van der Waals surface area contributed by atoms with Crippen LogP contribution in [0.1, 0.15) is 31.1 Å². The maximum Gasteiger partial charge on any atom is 0.262 e. The van der Waals surface area contributed by atoms with E-state index in [0.717, 1.165) is 10.6 Å². The molecule has 150 valence electrons. The number of ether oxygens (including phenoxy) is 1. The molecule has 4 N–H and O–H groups in total. The Balaban J connectivity index is 1.70. The summed E-state index contributed by atoms with van der Waals surface area (Å²) in [7, 11) is 0. The van der Waals surface area contributed by atoms with E-state index in [1.54, 1.807) is 24.3 Å². The number of rotatable bonds is 4. The molecule has 0 spiro atoms. The molecule has 4 rings (SSSR count). The second kappa shape index (κ2) is 7.49. The summed E-state index contributed by atoms with van der Waals surface area (Å²) in [6.07, 6.45) is 0. The number of carbonyl (C=O) groups is 3. The SMILES string of the molecule is Nc1c2c(cc(=O)n1-c1ccccc1C(=O)NCN1CCOCC1)C(=O)NC2=O. The Morgan fingerprint density at radius 2 is 1.86 bits per heavy atom. The van der Waals surface area contributed by atoms with Crippen LogP contribution >= 0.6 is 0 Å². The number of imide groups is 1. The Kier molecular flexibility index (Phi) is 4.87. The highest BCUT2D eigenvalue weighted by Crippen LogP contribution is 2.24. The molecule has 3 amide bonds. The lowest BCUT2D eigenvalue weighted by Gasteiger charge is -2.26. The minimum atomic E-state index is -0.675. The minimum absolute atomic E-state index is 0.0667. The van der Waals surface area contributed by atoms with Crippen molar-refractivity contribution in [1.29, 1.82) is 0 Å². The van der Waals surface area contributed by atoms with Crippen molar-refractivity contribution in [1.82, 2.24) is 20.1 Å². The van der Waals surface area contributed by atoms with E-state index in [1.807, 2.05) is 4.90 Å². The van der Waals surface area contributed by atoms with Crippen molar-refractivity contribution in [2.75, 3.05) is 38.7 Å². The van der Waals surface area contributed by atoms with Gasteiger partial charge in [0.2, 0.25) is 0 Å². The molecule has 0 aliphatic carbocycles. The normalized spacial score (nSPS) is 16.4. The number of fused-ring (bicyclic) bond motifs is 1. The van der Waals surface area contributed by atoms with E-state index in [4.69, 9.17) is 10.5 Å². The highest BCUT2D eigenvalue weighted by Gasteiger charge is 2.32. The number of amides is 3. The van der Waals surface area contributed by atoms with E-state index in [1.165, 1.54) is 0 Å². The summed E-state index contributed by atoms with van der Waals surface area (Å²) in [5.41, 5.74) is 5.77. The second-order valence-corrected chi connectivity index (χ2v) is 6.69. The van der Waals surface area contributed by atoms with E-state index < -0.39 is 17.4 Å². The van der Waals surface area contributed by atoms with Crippen LogP contribution in [0.4, 0.5) is 5.82 Å². The van der Waals surface area contributed by atoms with Crippen LogP contribution in [-0.4, -0.2) is 60.2 Å². The van der Waals surface area contributed by atoms with Crippen LogP contribution in [0.5, 0.6) is 0 Å². The monoisotopic (exact) mass is 397 g/mol. The highest BCUT2D eigenvalue weighted by molar-refractivity contribution is 6.23. The Bertz CT molecular complexity index is 1070. The molecule has 0 bridgehead atoms. The maximum atomic E-state index is 12.8. The van der Waals surface area contributed by atoms with Gasteiger partial charge >= 0.3 is 0 Å². The van der Waals surface area contributed by atoms with Crippen LogP contribution in [0.25, 0.3) is 5.69 Å². The highest BCUT2D eigenvalue weighted by atomic mass is 16.5. The number of benzene rings is 1. The third-order valence-corrected chi connectivity index (χ3v) is 4.91. The van der Waals surface area contributed by atoms with Crippen LogP contribution in [-0.2, 0) is 4.74 Å². The van der Waals surface area contributed by atoms with Gasteiger partial charge in [-0.1, -0.05) is 12.1 Å². The molecule has 0 unspecified atom stereocenters. The number of para-hydroxylation sites is 1. The fraction of sp³-hybridized carbons (Fsp3) is 0.263. The van der Waals surface area contributed by atoms with Gasteiger partial charge in [0.15, 0.2) is 0 Å². The number of nitrogens with one attached hydrogen (secondary N) is 2. The third kappa shape index (κ3) is 3.39. The summed E-state index contributed by atoms with van der Waals surface area (Å²) < 4.78 is 6.35. The van der Waals surface area contributed by atoms with Crippen molar-refractivity contribution in [3.8, 4) is 5.69 Å². The van der Waals surface area contributed by atoms with Gasteiger partial charge in [-0.15, -0.1) is 0 Å². The van der Waals surface area contributed by atoms with Gasteiger partial charge in [0, 0.05) is 19.2 Å². The minimum Gasteiger partial charge on any atom is -0.384 e. The van der Waals surface area contributed by atoms with Gasteiger partial charge in [-0.2, -0.15) is 0 Å². The number of aromatic nitrogens is 1. The number of pyridine rings is 1. The van der Waals surface area contributed by atoms with E-state index in [-0.39, 0.29) is 34.1 Å². The molecular weight excluding hydrogens is 378 g/mol. The molecule has 29 heavy (non-hydrogen) atoms. The van der Waals surface area contributed by atoms with Crippen molar-refractivity contribution in [2.45, 2.75) is 0 Å². The molecule has 2 aromatic rings. The molecule has 0 atom stereocenters. The molecule has 3 heterocycles. The average Bonchev–Trinajstić information content (AvgIpc) is 3.00. The van der Waals surface area contributed by atoms with Crippen molar-refractivity contribution < 1.29 is 19.1 Å². The summed E-state index contributed by atoms with van der Waals surface area (Å²) in [5.74, 6) is -1.92. The second-order valence-electron chi connectivity index (χ2n) is 6.69. The molecule has 2 aliphatic rings.